The number of benzene rings is 1. The van der Waals surface area contributed by atoms with E-state index in [1.54, 1.807) is 17.0 Å². The molecule has 0 amide bonds. The Morgan fingerprint density at radius 3 is 2.68 bits per heavy atom. The van der Waals surface area contributed by atoms with Crippen LogP contribution >= 0.6 is 0 Å². The molecule has 5 nitrogen and oxygen atoms in total. The number of aromatic nitrogens is 2. The monoisotopic (exact) mass is 259 g/mol. The molecule has 0 fully saturated rings. The lowest BCUT2D eigenvalue weighted by atomic mass is 10.2. The Hall–Kier alpha value is -2.14. The summed E-state index contributed by atoms with van der Waals surface area (Å²) in [5, 5.41) is 3.07. The minimum absolute atomic E-state index is 0.103. The van der Waals surface area contributed by atoms with E-state index in [9.17, 15) is 4.79 Å². The standard InChI is InChI=1S/C14H17N3O2/c1-3-17-9-8-16-13(14(17)18)19-12-6-4-11(5-7-12)10-15-2/h4-9,15H,3,10H2,1-2H3. The van der Waals surface area contributed by atoms with Crippen molar-refractivity contribution in [3.05, 3.63) is 52.6 Å². The van der Waals surface area contributed by atoms with E-state index in [1.807, 2.05) is 38.2 Å². The van der Waals surface area contributed by atoms with Gasteiger partial charge < -0.3 is 14.6 Å². The summed E-state index contributed by atoms with van der Waals surface area (Å²) in [7, 11) is 1.89. The Bertz CT molecular complexity index is 590. The van der Waals surface area contributed by atoms with Crippen molar-refractivity contribution < 1.29 is 4.74 Å². The molecule has 1 aromatic heterocycles. The fourth-order valence-electron chi connectivity index (χ4n) is 1.74. The van der Waals surface area contributed by atoms with Gasteiger partial charge in [0.25, 0.3) is 5.88 Å². The van der Waals surface area contributed by atoms with Gasteiger partial charge in [0.05, 0.1) is 0 Å². The maximum atomic E-state index is 11.9. The molecule has 0 atom stereocenters. The smallest absolute Gasteiger partial charge is 0.313 e. The summed E-state index contributed by atoms with van der Waals surface area (Å²) in [5.41, 5.74) is 0.936. The third-order valence-electron chi connectivity index (χ3n) is 2.74. The minimum Gasteiger partial charge on any atom is -0.435 e. The van der Waals surface area contributed by atoms with Gasteiger partial charge >= 0.3 is 5.56 Å². The lowest BCUT2D eigenvalue weighted by Crippen LogP contribution is -2.20. The molecular weight excluding hydrogens is 242 g/mol. The Kier molecular flexibility index (Phi) is 4.30. The van der Waals surface area contributed by atoms with Crippen molar-refractivity contribution in [2.45, 2.75) is 20.0 Å². The molecule has 0 unspecified atom stereocenters. The zero-order valence-electron chi connectivity index (χ0n) is 11.1. The summed E-state index contributed by atoms with van der Waals surface area (Å²) >= 11 is 0. The van der Waals surface area contributed by atoms with Crippen LogP contribution in [0.1, 0.15) is 12.5 Å². The van der Waals surface area contributed by atoms with E-state index in [0.29, 0.717) is 12.3 Å². The minimum atomic E-state index is -0.218. The highest BCUT2D eigenvalue weighted by atomic mass is 16.5. The molecule has 0 saturated heterocycles. The van der Waals surface area contributed by atoms with Crippen LogP contribution in [0.4, 0.5) is 0 Å². The van der Waals surface area contributed by atoms with Gasteiger partial charge in [0.15, 0.2) is 0 Å². The van der Waals surface area contributed by atoms with Crippen LogP contribution in [0.2, 0.25) is 0 Å². The van der Waals surface area contributed by atoms with Crippen molar-refractivity contribution >= 4 is 0 Å². The van der Waals surface area contributed by atoms with E-state index in [2.05, 4.69) is 10.3 Å². The fraction of sp³-hybridized carbons (Fsp3) is 0.286. The number of hydrogen-bond acceptors (Lipinski definition) is 4. The summed E-state index contributed by atoms with van der Waals surface area (Å²) in [5.74, 6) is 0.712. The Labute approximate surface area is 111 Å². The topological polar surface area (TPSA) is 56.1 Å². The van der Waals surface area contributed by atoms with Gasteiger partial charge in [-0.1, -0.05) is 12.1 Å². The van der Waals surface area contributed by atoms with Gasteiger partial charge in [0.2, 0.25) is 0 Å². The molecule has 0 radical (unpaired) electrons. The lowest BCUT2D eigenvalue weighted by molar-refractivity contribution is 0.445. The number of ether oxygens (including phenoxy) is 1. The van der Waals surface area contributed by atoms with E-state index in [4.69, 9.17) is 4.74 Å². The van der Waals surface area contributed by atoms with Gasteiger partial charge in [-0.25, -0.2) is 4.98 Å². The highest BCUT2D eigenvalue weighted by molar-refractivity contribution is 5.29. The molecule has 19 heavy (non-hydrogen) atoms. The second-order valence-electron chi connectivity index (χ2n) is 4.10. The summed E-state index contributed by atoms with van der Waals surface area (Å²) in [4.78, 5) is 15.9. The molecule has 1 N–H and O–H groups in total. The van der Waals surface area contributed by atoms with Crippen molar-refractivity contribution in [3.8, 4) is 11.6 Å². The van der Waals surface area contributed by atoms with Gasteiger partial charge in [-0.05, 0) is 31.7 Å². The summed E-state index contributed by atoms with van der Waals surface area (Å²) in [6.45, 7) is 3.29. The summed E-state index contributed by atoms with van der Waals surface area (Å²) in [6.07, 6.45) is 3.21. The first-order valence-electron chi connectivity index (χ1n) is 6.21. The zero-order chi connectivity index (χ0) is 13.7. The molecule has 5 heteroatoms. The SMILES string of the molecule is CCn1ccnc(Oc2ccc(CNC)cc2)c1=O. The van der Waals surface area contributed by atoms with Crippen LogP contribution < -0.4 is 15.6 Å². The molecule has 1 aromatic carbocycles. The van der Waals surface area contributed by atoms with E-state index in [0.717, 1.165) is 12.1 Å². The second-order valence-corrected chi connectivity index (χ2v) is 4.10. The van der Waals surface area contributed by atoms with Crippen molar-refractivity contribution in [2.24, 2.45) is 0 Å². The van der Waals surface area contributed by atoms with Gasteiger partial charge in [-0.3, -0.25) is 4.79 Å². The Balaban J connectivity index is 2.19. The van der Waals surface area contributed by atoms with Crippen molar-refractivity contribution in [1.82, 2.24) is 14.9 Å². The molecule has 0 bridgehead atoms. The molecular formula is C14H17N3O2. The highest BCUT2D eigenvalue weighted by Gasteiger charge is 2.06. The molecule has 0 saturated carbocycles. The summed E-state index contributed by atoms with van der Waals surface area (Å²) < 4.78 is 7.07. The number of nitrogens with zero attached hydrogens (tertiary/aromatic N) is 2. The molecule has 0 aliphatic heterocycles. The van der Waals surface area contributed by atoms with Gasteiger partial charge in [-0.2, -0.15) is 0 Å². The molecule has 100 valence electrons. The average molecular weight is 259 g/mol. The molecule has 2 rings (SSSR count). The van der Waals surface area contributed by atoms with Crippen molar-refractivity contribution in [1.29, 1.82) is 0 Å². The van der Waals surface area contributed by atoms with Crippen LogP contribution in [0.5, 0.6) is 11.6 Å². The highest BCUT2D eigenvalue weighted by Crippen LogP contribution is 2.16. The zero-order valence-corrected chi connectivity index (χ0v) is 11.1. The maximum Gasteiger partial charge on any atom is 0.313 e. The van der Waals surface area contributed by atoms with Crippen LogP contribution in [-0.4, -0.2) is 16.6 Å². The number of hydrogen-bond donors (Lipinski definition) is 1. The van der Waals surface area contributed by atoms with Crippen molar-refractivity contribution in [2.75, 3.05) is 7.05 Å². The van der Waals surface area contributed by atoms with Crippen LogP contribution in [-0.2, 0) is 13.1 Å². The summed E-state index contributed by atoms with van der Waals surface area (Å²) in [6, 6.07) is 7.56. The first kappa shape index (κ1) is 13.3. The molecule has 1 heterocycles. The Morgan fingerprint density at radius 2 is 2.05 bits per heavy atom. The van der Waals surface area contributed by atoms with Crippen LogP contribution in [0, 0.1) is 0 Å². The van der Waals surface area contributed by atoms with Crippen LogP contribution in [0.15, 0.2) is 41.5 Å². The third kappa shape index (κ3) is 3.20. The molecule has 2 aromatic rings. The number of nitrogens with one attached hydrogen (secondary N) is 1. The third-order valence-corrected chi connectivity index (χ3v) is 2.74. The predicted octanol–water partition coefficient (Wildman–Crippen LogP) is 1.77. The van der Waals surface area contributed by atoms with Gasteiger partial charge in [-0.15, -0.1) is 0 Å². The normalized spacial score (nSPS) is 10.4. The van der Waals surface area contributed by atoms with E-state index in [-0.39, 0.29) is 11.4 Å². The first-order valence-corrected chi connectivity index (χ1v) is 6.21. The first-order chi connectivity index (χ1) is 9.24. The second kappa shape index (κ2) is 6.15. The molecule has 0 aliphatic rings. The van der Waals surface area contributed by atoms with E-state index >= 15 is 0 Å². The predicted molar refractivity (Wildman–Crippen MR) is 73.5 cm³/mol. The quantitative estimate of drug-likeness (QED) is 0.889. The Morgan fingerprint density at radius 1 is 1.32 bits per heavy atom. The van der Waals surface area contributed by atoms with Gasteiger partial charge in [0.1, 0.15) is 5.75 Å². The van der Waals surface area contributed by atoms with E-state index in [1.165, 1.54) is 0 Å². The van der Waals surface area contributed by atoms with Crippen LogP contribution in [0.25, 0.3) is 0 Å². The largest absolute Gasteiger partial charge is 0.435 e. The molecule has 0 aliphatic carbocycles. The maximum absolute atomic E-state index is 11.9. The van der Waals surface area contributed by atoms with Crippen molar-refractivity contribution in [3.63, 3.8) is 0 Å². The lowest BCUT2D eigenvalue weighted by Gasteiger charge is -2.07. The molecule has 0 spiro atoms. The van der Waals surface area contributed by atoms with Crippen LogP contribution in [0.3, 0.4) is 0 Å². The van der Waals surface area contributed by atoms with Gasteiger partial charge in [0, 0.05) is 25.5 Å². The number of rotatable bonds is 5. The fourth-order valence-corrected chi connectivity index (χ4v) is 1.74. The number of aryl methyl sites for hydroxylation is 1. The van der Waals surface area contributed by atoms with E-state index < -0.39 is 0 Å². The average Bonchev–Trinajstić information content (AvgIpc) is 2.43.